The summed E-state index contributed by atoms with van der Waals surface area (Å²) in [5, 5.41) is 19.4. The van der Waals surface area contributed by atoms with E-state index >= 15 is 0 Å². The first-order valence-corrected chi connectivity index (χ1v) is 7.40. The highest BCUT2D eigenvalue weighted by molar-refractivity contribution is 7.13. The van der Waals surface area contributed by atoms with Gasteiger partial charge in [0, 0.05) is 18.5 Å². The Morgan fingerprint density at radius 2 is 2.50 bits per heavy atom. The molecule has 1 aromatic heterocycles. The van der Waals surface area contributed by atoms with Crippen LogP contribution in [0, 0.1) is 0 Å². The molecule has 5 nitrogen and oxygen atoms in total. The minimum absolute atomic E-state index is 0.566. The normalized spacial score (nSPS) is 24.3. The molecule has 2 heterocycles. The van der Waals surface area contributed by atoms with Gasteiger partial charge in [0.1, 0.15) is 0 Å². The second-order valence-corrected chi connectivity index (χ2v) is 5.85. The Bertz CT molecular complexity index is 363. The summed E-state index contributed by atoms with van der Waals surface area (Å²) in [7, 11) is 0. The lowest BCUT2D eigenvalue weighted by Gasteiger charge is -2.32. The maximum Gasteiger partial charge on any atom is 0.180 e. The van der Waals surface area contributed by atoms with Crippen molar-refractivity contribution in [2.24, 2.45) is 0 Å². The van der Waals surface area contributed by atoms with Crippen LogP contribution in [-0.4, -0.2) is 41.9 Å². The number of nitrogen functional groups attached to an aromatic ring is 1. The number of hydrogen-bond acceptors (Lipinski definition) is 6. The molecule has 5 N–H and O–H groups in total. The Morgan fingerprint density at radius 3 is 3.17 bits per heavy atom. The zero-order valence-corrected chi connectivity index (χ0v) is 11.4. The summed E-state index contributed by atoms with van der Waals surface area (Å²) in [5.41, 5.74) is 6.08. The van der Waals surface area contributed by atoms with Crippen molar-refractivity contribution >= 4 is 16.5 Å². The van der Waals surface area contributed by atoms with E-state index in [9.17, 15) is 5.11 Å². The van der Waals surface area contributed by atoms with Crippen LogP contribution in [0.4, 0.5) is 5.13 Å². The first kappa shape index (κ1) is 13.7. The summed E-state index contributed by atoms with van der Waals surface area (Å²) < 4.78 is 0. The number of nitrogens with one attached hydrogen (secondary N) is 2. The highest BCUT2D eigenvalue weighted by atomic mass is 32.1. The Balaban J connectivity index is 1.58. The maximum absolute atomic E-state index is 10.2. The number of rotatable bonds is 6. The lowest BCUT2D eigenvalue weighted by molar-refractivity contribution is 0.0173. The third-order valence-corrected chi connectivity index (χ3v) is 3.98. The Morgan fingerprint density at radius 1 is 1.61 bits per heavy atom. The maximum atomic E-state index is 10.2. The van der Waals surface area contributed by atoms with Gasteiger partial charge in [0.2, 0.25) is 0 Å². The highest BCUT2D eigenvalue weighted by Crippen LogP contribution is 2.15. The number of nitrogens with two attached hydrogens (primary N) is 1. The van der Waals surface area contributed by atoms with E-state index in [1.54, 1.807) is 0 Å². The largest absolute Gasteiger partial charge is 0.387 e. The van der Waals surface area contributed by atoms with E-state index in [0.29, 0.717) is 18.2 Å². The molecule has 18 heavy (non-hydrogen) atoms. The average molecular weight is 270 g/mol. The van der Waals surface area contributed by atoms with Crippen LogP contribution in [-0.2, 0) is 6.42 Å². The SMILES string of the molecule is Nc1nc(CCCNC[C@@]2(O)CCCNC2)cs1. The van der Waals surface area contributed by atoms with Crippen LogP contribution >= 0.6 is 11.3 Å². The van der Waals surface area contributed by atoms with Crippen molar-refractivity contribution in [3.05, 3.63) is 11.1 Å². The van der Waals surface area contributed by atoms with Crippen molar-refractivity contribution in [2.45, 2.75) is 31.3 Å². The molecule has 2 rings (SSSR count). The molecule has 0 saturated carbocycles. The number of aliphatic hydroxyl groups is 1. The fraction of sp³-hybridized carbons (Fsp3) is 0.750. The van der Waals surface area contributed by atoms with Crippen LogP contribution in [0.25, 0.3) is 0 Å². The number of hydrogen-bond donors (Lipinski definition) is 4. The summed E-state index contributed by atoms with van der Waals surface area (Å²) >= 11 is 1.49. The summed E-state index contributed by atoms with van der Waals surface area (Å²) in [6.07, 6.45) is 3.90. The van der Waals surface area contributed by atoms with E-state index in [-0.39, 0.29) is 0 Å². The monoisotopic (exact) mass is 270 g/mol. The zero-order valence-electron chi connectivity index (χ0n) is 10.6. The molecule has 0 bridgehead atoms. The average Bonchev–Trinajstić information content (AvgIpc) is 2.75. The van der Waals surface area contributed by atoms with Gasteiger partial charge >= 0.3 is 0 Å². The fourth-order valence-corrected chi connectivity index (χ4v) is 2.85. The number of aryl methyl sites for hydroxylation is 1. The Kier molecular flexibility index (Phi) is 4.94. The van der Waals surface area contributed by atoms with Crippen molar-refractivity contribution in [3.63, 3.8) is 0 Å². The van der Waals surface area contributed by atoms with E-state index in [0.717, 1.165) is 44.5 Å². The van der Waals surface area contributed by atoms with Gasteiger partial charge in [-0.05, 0) is 38.8 Å². The number of aromatic nitrogens is 1. The predicted octanol–water partition coefficient (Wildman–Crippen LogP) is 0.362. The number of anilines is 1. The lowest BCUT2D eigenvalue weighted by atomic mass is 9.94. The van der Waals surface area contributed by atoms with Crippen LogP contribution in [0.3, 0.4) is 0 Å². The molecule has 0 unspecified atom stereocenters. The fourth-order valence-electron chi connectivity index (χ4n) is 2.26. The van der Waals surface area contributed by atoms with E-state index in [4.69, 9.17) is 5.73 Å². The summed E-state index contributed by atoms with van der Waals surface area (Å²) in [6.45, 7) is 3.29. The standard InChI is InChI=1S/C12H22N4OS/c13-11-16-10(7-18-11)3-1-5-14-8-12(17)4-2-6-15-9-12/h7,14-15,17H,1-6,8-9H2,(H2,13,16)/t12-/m0/s1. The topological polar surface area (TPSA) is 83.2 Å². The molecule has 0 amide bonds. The Labute approximate surface area is 112 Å². The van der Waals surface area contributed by atoms with Crippen LogP contribution < -0.4 is 16.4 Å². The molecule has 6 heteroatoms. The van der Waals surface area contributed by atoms with Gasteiger partial charge in [-0.1, -0.05) is 0 Å². The van der Waals surface area contributed by atoms with Crippen LogP contribution in [0.2, 0.25) is 0 Å². The molecule has 0 aliphatic carbocycles. The number of piperidine rings is 1. The number of thiazole rings is 1. The molecule has 1 fully saturated rings. The first-order chi connectivity index (χ1) is 8.68. The van der Waals surface area contributed by atoms with Crippen LogP contribution in [0.15, 0.2) is 5.38 Å². The molecule has 0 radical (unpaired) electrons. The van der Waals surface area contributed by atoms with Crippen LogP contribution in [0.5, 0.6) is 0 Å². The number of nitrogens with zero attached hydrogens (tertiary/aromatic N) is 1. The van der Waals surface area contributed by atoms with E-state index in [1.165, 1.54) is 11.3 Å². The number of β-amino-alcohol motifs (C(OH)–C–C–N with tert-alkyl or cyclic N) is 1. The smallest absolute Gasteiger partial charge is 0.180 e. The van der Waals surface area contributed by atoms with Crippen molar-refractivity contribution in [1.82, 2.24) is 15.6 Å². The lowest BCUT2D eigenvalue weighted by Crippen LogP contribution is -2.52. The highest BCUT2D eigenvalue weighted by Gasteiger charge is 2.28. The molecule has 102 valence electrons. The van der Waals surface area contributed by atoms with E-state index in [1.807, 2.05) is 5.38 Å². The molecule has 1 saturated heterocycles. The molecule has 0 spiro atoms. The summed E-state index contributed by atoms with van der Waals surface area (Å²) in [4.78, 5) is 4.22. The van der Waals surface area contributed by atoms with Crippen molar-refractivity contribution in [2.75, 3.05) is 31.9 Å². The second-order valence-electron chi connectivity index (χ2n) is 4.96. The summed E-state index contributed by atoms with van der Waals surface area (Å²) in [5.74, 6) is 0. The van der Waals surface area contributed by atoms with Crippen molar-refractivity contribution < 1.29 is 5.11 Å². The van der Waals surface area contributed by atoms with Gasteiger partial charge in [-0.2, -0.15) is 0 Å². The van der Waals surface area contributed by atoms with Gasteiger partial charge in [-0.25, -0.2) is 4.98 Å². The summed E-state index contributed by atoms with van der Waals surface area (Å²) in [6, 6.07) is 0. The van der Waals surface area contributed by atoms with Gasteiger partial charge in [0.05, 0.1) is 11.3 Å². The van der Waals surface area contributed by atoms with Gasteiger partial charge in [-0.3, -0.25) is 0 Å². The third kappa shape index (κ3) is 4.20. The van der Waals surface area contributed by atoms with Crippen molar-refractivity contribution in [1.29, 1.82) is 0 Å². The molecule has 1 aliphatic heterocycles. The van der Waals surface area contributed by atoms with E-state index in [2.05, 4.69) is 15.6 Å². The molecule has 1 aromatic rings. The quantitative estimate of drug-likeness (QED) is 0.561. The Hall–Kier alpha value is -0.690. The van der Waals surface area contributed by atoms with Gasteiger partial charge < -0.3 is 21.5 Å². The van der Waals surface area contributed by atoms with Crippen LogP contribution in [0.1, 0.15) is 25.0 Å². The zero-order chi connectivity index (χ0) is 12.8. The molecule has 1 aliphatic rings. The van der Waals surface area contributed by atoms with Gasteiger partial charge in [0.15, 0.2) is 5.13 Å². The van der Waals surface area contributed by atoms with Gasteiger partial charge in [-0.15, -0.1) is 11.3 Å². The minimum Gasteiger partial charge on any atom is -0.387 e. The third-order valence-electron chi connectivity index (χ3n) is 3.26. The molecule has 0 aromatic carbocycles. The first-order valence-electron chi connectivity index (χ1n) is 6.52. The van der Waals surface area contributed by atoms with Gasteiger partial charge in [0.25, 0.3) is 0 Å². The molecule has 1 atom stereocenters. The van der Waals surface area contributed by atoms with E-state index < -0.39 is 5.60 Å². The molecular formula is C12H22N4OS. The predicted molar refractivity (Wildman–Crippen MR) is 74.8 cm³/mol. The second kappa shape index (κ2) is 6.47. The van der Waals surface area contributed by atoms with Crippen molar-refractivity contribution in [3.8, 4) is 0 Å². The molecular weight excluding hydrogens is 248 g/mol. The minimum atomic E-state index is -0.566.